The Morgan fingerprint density at radius 2 is 1.55 bits per heavy atom. The first-order chi connectivity index (χ1) is 9.58. The molecule has 20 heavy (non-hydrogen) atoms. The number of rotatable bonds is 1. The summed E-state index contributed by atoms with van der Waals surface area (Å²) in [5.74, 6) is -0.146. The number of carbonyl (C=O) groups excluding carboxylic acids is 2. The predicted octanol–water partition coefficient (Wildman–Crippen LogP) is 3.30. The smallest absolute Gasteiger partial charge is 0.238 e. The first-order valence-electron chi connectivity index (χ1n) is 6.59. The lowest BCUT2D eigenvalue weighted by Crippen LogP contribution is -2.32. The van der Waals surface area contributed by atoms with E-state index in [-0.39, 0.29) is 35.5 Å². The van der Waals surface area contributed by atoms with Gasteiger partial charge in [0.1, 0.15) is 0 Å². The van der Waals surface area contributed by atoms with Crippen LogP contribution in [-0.4, -0.2) is 11.8 Å². The molecule has 2 amide bonds. The van der Waals surface area contributed by atoms with Gasteiger partial charge in [-0.15, -0.1) is 0 Å². The maximum Gasteiger partial charge on any atom is 0.238 e. The second-order valence-electron chi connectivity index (χ2n) is 5.61. The van der Waals surface area contributed by atoms with Crippen molar-refractivity contribution in [2.24, 2.45) is 23.7 Å². The number of amides is 2. The van der Waals surface area contributed by atoms with Crippen LogP contribution in [0.2, 0.25) is 10.0 Å². The molecule has 2 aliphatic carbocycles. The molecule has 5 heteroatoms. The summed E-state index contributed by atoms with van der Waals surface area (Å²) in [5, 5.41) is 0.763. The fraction of sp³-hybridized carbons (Fsp3) is 0.333. The number of halogens is 2. The van der Waals surface area contributed by atoms with Crippen LogP contribution in [0, 0.1) is 23.7 Å². The summed E-state index contributed by atoms with van der Waals surface area (Å²) in [6, 6.07) is 4.86. The van der Waals surface area contributed by atoms with Gasteiger partial charge >= 0.3 is 0 Å². The number of hydrogen-bond donors (Lipinski definition) is 0. The highest BCUT2D eigenvalue weighted by molar-refractivity contribution is 6.42. The standard InChI is InChI=1S/C15H11Cl2NO2/c16-10-4-3-9(6-11(10)17)18-14(19)12-7-1-2-8(5-7)13(12)15(18)20/h1-4,6-8,12-13H,5H2/t7-,8+,12-,13-/m0/s1. The van der Waals surface area contributed by atoms with Crippen molar-refractivity contribution in [2.45, 2.75) is 6.42 Å². The molecule has 2 bridgehead atoms. The molecule has 3 nitrogen and oxygen atoms in total. The summed E-state index contributed by atoms with van der Waals surface area (Å²) in [6.07, 6.45) is 5.09. The molecule has 1 saturated heterocycles. The monoisotopic (exact) mass is 307 g/mol. The highest BCUT2D eigenvalue weighted by atomic mass is 35.5. The van der Waals surface area contributed by atoms with Gasteiger partial charge < -0.3 is 0 Å². The third-order valence-electron chi connectivity index (χ3n) is 4.63. The number of fused-ring (bicyclic) bond motifs is 5. The maximum atomic E-state index is 12.6. The van der Waals surface area contributed by atoms with Gasteiger partial charge in [0.2, 0.25) is 11.8 Å². The van der Waals surface area contributed by atoms with Gasteiger partial charge in [-0.05, 0) is 36.5 Å². The van der Waals surface area contributed by atoms with E-state index in [4.69, 9.17) is 23.2 Å². The van der Waals surface area contributed by atoms with Crippen LogP contribution in [0.5, 0.6) is 0 Å². The van der Waals surface area contributed by atoms with E-state index in [0.717, 1.165) is 6.42 Å². The van der Waals surface area contributed by atoms with Gasteiger partial charge in [0.15, 0.2) is 0 Å². The molecule has 0 unspecified atom stereocenters. The Morgan fingerprint density at radius 1 is 0.950 bits per heavy atom. The molecule has 3 aliphatic rings. The molecule has 1 heterocycles. The maximum absolute atomic E-state index is 12.6. The van der Waals surface area contributed by atoms with E-state index in [2.05, 4.69) is 12.2 Å². The summed E-state index contributed by atoms with van der Waals surface area (Å²) >= 11 is 11.9. The van der Waals surface area contributed by atoms with Crippen molar-refractivity contribution >= 4 is 40.7 Å². The zero-order valence-electron chi connectivity index (χ0n) is 10.4. The Hall–Kier alpha value is -1.32. The van der Waals surface area contributed by atoms with Gasteiger partial charge in [-0.3, -0.25) is 9.59 Å². The molecule has 1 aromatic rings. The second-order valence-corrected chi connectivity index (χ2v) is 6.42. The zero-order chi connectivity index (χ0) is 14.0. The third kappa shape index (κ3) is 1.48. The molecule has 1 aromatic carbocycles. The molecular formula is C15H11Cl2NO2. The van der Waals surface area contributed by atoms with Crippen LogP contribution in [0.4, 0.5) is 5.69 Å². The Bertz CT molecular complexity index is 640. The van der Waals surface area contributed by atoms with Crippen LogP contribution in [-0.2, 0) is 9.59 Å². The second kappa shape index (κ2) is 4.09. The minimum absolute atomic E-state index is 0.102. The molecule has 1 saturated carbocycles. The number of carbonyl (C=O) groups is 2. The highest BCUT2D eigenvalue weighted by Gasteiger charge is 2.59. The van der Waals surface area contributed by atoms with Crippen LogP contribution < -0.4 is 4.90 Å². The molecule has 0 radical (unpaired) electrons. The van der Waals surface area contributed by atoms with Crippen LogP contribution in [0.1, 0.15) is 6.42 Å². The van der Waals surface area contributed by atoms with Crippen molar-refractivity contribution in [2.75, 3.05) is 4.90 Å². The Kier molecular flexibility index (Phi) is 2.54. The molecule has 0 aromatic heterocycles. The van der Waals surface area contributed by atoms with Gasteiger partial charge in [0, 0.05) is 0 Å². The first-order valence-corrected chi connectivity index (χ1v) is 7.34. The lowest BCUT2D eigenvalue weighted by atomic mass is 9.85. The topological polar surface area (TPSA) is 37.4 Å². The van der Waals surface area contributed by atoms with Crippen molar-refractivity contribution in [3.05, 3.63) is 40.4 Å². The number of nitrogens with zero attached hydrogens (tertiary/aromatic N) is 1. The minimum atomic E-state index is -0.188. The predicted molar refractivity (Wildman–Crippen MR) is 76.7 cm³/mol. The Labute approximate surface area is 126 Å². The summed E-state index contributed by atoms with van der Waals surface area (Å²) in [7, 11) is 0. The summed E-state index contributed by atoms with van der Waals surface area (Å²) in [6.45, 7) is 0. The first kappa shape index (κ1) is 12.4. The lowest BCUT2D eigenvalue weighted by Gasteiger charge is -2.17. The van der Waals surface area contributed by atoms with Crippen LogP contribution in [0.3, 0.4) is 0 Å². The van der Waals surface area contributed by atoms with E-state index in [9.17, 15) is 9.59 Å². The van der Waals surface area contributed by atoms with Crippen LogP contribution in [0.15, 0.2) is 30.4 Å². The Balaban J connectivity index is 1.76. The van der Waals surface area contributed by atoms with Crippen molar-refractivity contribution in [3.63, 3.8) is 0 Å². The molecule has 0 N–H and O–H groups in total. The van der Waals surface area contributed by atoms with E-state index in [0.29, 0.717) is 15.7 Å². The number of anilines is 1. The molecule has 102 valence electrons. The average Bonchev–Trinajstić information content (AvgIpc) is 3.08. The van der Waals surface area contributed by atoms with E-state index in [1.807, 2.05) is 0 Å². The number of allylic oxidation sites excluding steroid dienone is 2. The van der Waals surface area contributed by atoms with Crippen molar-refractivity contribution in [1.29, 1.82) is 0 Å². The molecule has 0 spiro atoms. The van der Waals surface area contributed by atoms with Gasteiger partial charge in [0.05, 0.1) is 27.6 Å². The normalized spacial score (nSPS) is 34.2. The fourth-order valence-corrected chi connectivity index (χ4v) is 4.07. The highest BCUT2D eigenvalue weighted by Crippen LogP contribution is 2.53. The van der Waals surface area contributed by atoms with Gasteiger partial charge in [-0.1, -0.05) is 35.4 Å². The fourth-order valence-electron chi connectivity index (χ4n) is 3.78. The summed E-state index contributed by atoms with van der Waals surface area (Å²) in [4.78, 5) is 26.4. The number of hydrogen-bond acceptors (Lipinski definition) is 2. The number of imide groups is 1. The quantitative estimate of drug-likeness (QED) is 0.589. The molecule has 4 rings (SSSR count). The zero-order valence-corrected chi connectivity index (χ0v) is 11.9. The van der Waals surface area contributed by atoms with Crippen molar-refractivity contribution < 1.29 is 9.59 Å². The average molecular weight is 308 g/mol. The molecular weight excluding hydrogens is 297 g/mol. The Morgan fingerprint density at radius 3 is 2.10 bits per heavy atom. The van der Waals surface area contributed by atoms with Crippen LogP contribution in [0.25, 0.3) is 0 Å². The van der Waals surface area contributed by atoms with Gasteiger partial charge in [-0.25, -0.2) is 4.90 Å². The van der Waals surface area contributed by atoms with E-state index >= 15 is 0 Å². The molecule has 2 fully saturated rings. The van der Waals surface area contributed by atoms with Crippen LogP contribution >= 0.6 is 23.2 Å². The van der Waals surface area contributed by atoms with E-state index < -0.39 is 0 Å². The van der Waals surface area contributed by atoms with E-state index in [1.165, 1.54) is 4.90 Å². The molecule has 1 aliphatic heterocycles. The summed E-state index contributed by atoms with van der Waals surface area (Å²) < 4.78 is 0. The minimum Gasteiger partial charge on any atom is -0.274 e. The van der Waals surface area contributed by atoms with E-state index in [1.54, 1.807) is 18.2 Å². The lowest BCUT2D eigenvalue weighted by molar-refractivity contribution is -0.123. The van der Waals surface area contributed by atoms with Crippen molar-refractivity contribution in [3.8, 4) is 0 Å². The van der Waals surface area contributed by atoms with Gasteiger partial charge in [-0.2, -0.15) is 0 Å². The largest absolute Gasteiger partial charge is 0.274 e. The van der Waals surface area contributed by atoms with Gasteiger partial charge in [0.25, 0.3) is 0 Å². The number of benzene rings is 1. The molecule has 4 atom stereocenters. The SMILES string of the molecule is O=C1[C@@H]2[C@@H](C(=O)N1c1ccc(Cl)c(Cl)c1)[C@H]1C=C[C@@H]2C1. The third-order valence-corrected chi connectivity index (χ3v) is 5.37. The summed E-state index contributed by atoms with van der Waals surface area (Å²) in [5.41, 5.74) is 0.517. The van der Waals surface area contributed by atoms with Crippen molar-refractivity contribution in [1.82, 2.24) is 0 Å².